The van der Waals surface area contributed by atoms with E-state index < -0.39 is 0 Å². The lowest BCUT2D eigenvalue weighted by molar-refractivity contribution is 0.508. The number of hydrogen-bond donors (Lipinski definition) is 1. The Kier molecular flexibility index (Phi) is 5.45. The van der Waals surface area contributed by atoms with Crippen LogP contribution >= 0.6 is 23.5 Å². The van der Waals surface area contributed by atoms with Crippen molar-refractivity contribution in [3.63, 3.8) is 0 Å². The van der Waals surface area contributed by atoms with Crippen LogP contribution in [0.15, 0.2) is 12.4 Å². The van der Waals surface area contributed by atoms with Gasteiger partial charge in [-0.2, -0.15) is 28.6 Å². The van der Waals surface area contributed by atoms with Crippen molar-refractivity contribution in [3.8, 4) is 0 Å². The molecule has 3 atom stereocenters. The minimum Gasteiger partial charge on any atom is -0.309 e. The first-order valence-corrected chi connectivity index (χ1v) is 8.77. The fourth-order valence-corrected chi connectivity index (χ4v) is 5.29. The van der Waals surface area contributed by atoms with Gasteiger partial charge in [0.2, 0.25) is 0 Å². The Labute approximate surface area is 118 Å². The lowest BCUT2D eigenvalue weighted by Gasteiger charge is -2.34. The molecule has 5 heteroatoms. The van der Waals surface area contributed by atoms with Crippen LogP contribution in [0.4, 0.5) is 0 Å². The van der Waals surface area contributed by atoms with Crippen molar-refractivity contribution in [2.24, 2.45) is 7.05 Å². The molecule has 3 nitrogen and oxygen atoms in total. The SMILES string of the molecule is CCCNC(c1cnn(C)c1)C1SCCSC1C. The Morgan fingerprint density at radius 1 is 1.50 bits per heavy atom. The first-order valence-electron chi connectivity index (χ1n) is 6.67. The highest BCUT2D eigenvalue weighted by Crippen LogP contribution is 2.38. The van der Waals surface area contributed by atoms with Gasteiger partial charge in [-0.15, -0.1) is 0 Å². The molecule has 3 unspecified atom stereocenters. The fourth-order valence-electron chi connectivity index (χ4n) is 2.34. The highest BCUT2D eigenvalue weighted by Gasteiger charge is 2.31. The van der Waals surface area contributed by atoms with Crippen molar-refractivity contribution in [2.75, 3.05) is 18.1 Å². The van der Waals surface area contributed by atoms with Crippen molar-refractivity contribution in [1.29, 1.82) is 0 Å². The van der Waals surface area contributed by atoms with E-state index in [-0.39, 0.29) is 0 Å². The van der Waals surface area contributed by atoms with Crippen LogP contribution in [-0.4, -0.2) is 38.3 Å². The molecule has 1 aliphatic rings. The number of aryl methyl sites for hydroxylation is 1. The van der Waals surface area contributed by atoms with Gasteiger partial charge >= 0.3 is 0 Å². The Bertz CT molecular complexity index is 367. The molecule has 1 saturated heterocycles. The Morgan fingerprint density at radius 3 is 2.89 bits per heavy atom. The van der Waals surface area contributed by atoms with Gasteiger partial charge in [0.05, 0.1) is 6.20 Å². The lowest BCUT2D eigenvalue weighted by atomic mass is 10.1. The average molecular weight is 285 g/mol. The molecule has 18 heavy (non-hydrogen) atoms. The van der Waals surface area contributed by atoms with E-state index in [0.717, 1.165) is 6.54 Å². The molecular formula is C13H23N3S2. The van der Waals surface area contributed by atoms with Gasteiger partial charge in [-0.1, -0.05) is 13.8 Å². The molecule has 1 aromatic rings. The smallest absolute Gasteiger partial charge is 0.0537 e. The fraction of sp³-hybridized carbons (Fsp3) is 0.769. The Balaban J connectivity index is 2.13. The summed E-state index contributed by atoms with van der Waals surface area (Å²) < 4.78 is 1.90. The summed E-state index contributed by atoms with van der Waals surface area (Å²) in [4.78, 5) is 0. The number of hydrogen-bond acceptors (Lipinski definition) is 4. The highest BCUT2D eigenvalue weighted by atomic mass is 32.2. The summed E-state index contributed by atoms with van der Waals surface area (Å²) >= 11 is 4.21. The van der Waals surface area contributed by atoms with Gasteiger partial charge in [0.1, 0.15) is 0 Å². The second-order valence-electron chi connectivity index (χ2n) is 4.79. The van der Waals surface area contributed by atoms with Crippen LogP contribution < -0.4 is 5.32 Å². The molecule has 1 N–H and O–H groups in total. The summed E-state index contributed by atoms with van der Waals surface area (Å²) in [5, 5.41) is 9.40. The molecule has 102 valence electrons. The molecule has 0 saturated carbocycles. The molecule has 0 aromatic carbocycles. The van der Waals surface area contributed by atoms with E-state index in [1.807, 2.05) is 17.9 Å². The maximum absolute atomic E-state index is 4.33. The van der Waals surface area contributed by atoms with Crippen molar-refractivity contribution < 1.29 is 0 Å². The molecule has 0 bridgehead atoms. The molecule has 0 spiro atoms. The maximum atomic E-state index is 4.33. The third-order valence-electron chi connectivity index (χ3n) is 3.26. The van der Waals surface area contributed by atoms with Gasteiger partial charge in [0.15, 0.2) is 0 Å². The van der Waals surface area contributed by atoms with Crippen molar-refractivity contribution in [1.82, 2.24) is 15.1 Å². The molecule has 0 aliphatic carbocycles. The molecular weight excluding hydrogens is 262 g/mol. The second kappa shape index (κ2) is 6.87. The van der Waals surface area contributed by atoms with E-state index in [1.54, 1.807) is 0 Å². The van der Waals surface area contributed by atoms with E-state index in [2.05, 4.69) is 54.0 Å². The van der Waals surface area contributed by atoms with Crippen molar-refractivity contribution >= 4 is 23.5 Å². The van der Waals surface area contributed by atoms with E-state index >= 15 is 0 Å². The van der Waals surface area contributed by atoms with Gasteiger partial charge < -0.3 is 5.32 Å². The minimum atomic E-state index is 0.437. The summed E-state index contributed by atoms with van der Waals surface area (Å²) in [5.41, 5.74) is 1.33. The molecule has 2 heterocycles. The first kappa shape index (κ1) is 14.3. The summed E-state index contributed by atoms with van der Waals surface area (Å²) in [6.45, 7) is 5.66. The third-order valence-corrected chi connectivity index (χ3v) is 6.46. The quantitative estimate of drug-likeness (QED) is 0.901. The molecule has 0 amide bonds. The van der Waals surface area contributed by atoms with Gasteiger partial charge in [0.25, 0.3) is 0 Å². The van der Waals surface area contributed by atoms with Crippen LogP contribution in [0, 0.1) is 0 Å². The van der Waals surface area contributed by atoms with Gasteiger partial charge in [-0.05, 0) is 13.0 Å². The maximum Gasteiger partial charge on any atom is 0.0537 e. The molecule has 2 rings (SSSR count). The summed E-state index contributed by atoms with van der Waals surface area (Å²) in [5.74, 6) is 2.56. The van der Waals surface area contributed by atoms with Crippen LogP contribution in [-0.2, 0) is 7.05 Å². The number of nitrogens with zero attached hydrogens (tertiary/aromatic N) is 2. The summed E-state index contributed by atoms with van der Waals surface area (Å²) in [6, 6.07) is 0.437. The summed E-state index contributed by atoms with van der Waals surface area (Å²) in [7, 11) is 1.99. The number of aromatic nitrogens is 2. The largest absolute Gasteiger partial charge is 0.309 e. The van der Waals surface area contributed by atoms with Crippen LogP contribution in [0.25, 0.3) is 0 Å². The van der Waals surface area contributed by atoms with Gasteiger partial charge in [-0.3, -0.25) is 4.68 Å². The molecule has 0 radical (unpaired) electrons. The van der Waals surface area contributed by atoms with Gasteiger partial charge in [0, 0.05) is 46.9 Å². The summed E-state index contributed by atoms with van der Waals surface area (Å²) in [6.07, 6.45) is 5.34. The van der Waals surface area contributed by atoms with E-state index in [4.69, 9.17) is 0 Å². The van der Waals surface area contributed by atoms with Crippen LogP contribution in [0.5, 0.6) is 0 Å². The zero-order chi connectivity index (χ0) is 13.0. The number of rotatable bonds is 5. The molecule has 1 fully saturated rings. The zero-order valence-electron chi connectivity index (χ0n) is 11.4. The standard InChI is InChI=1S/C13H23N3S2/c1-4-5-14-12(11-8-15-16(3)9-11)13-10(2)17-6-7-18-13/h8-10,12-14H,4-7H2,1-3H3. The normalized spacial score (nSPS) is 26.2. The monoisotopic (exact) mass is 285 g/mol. The lowest BCUT2D eigenvalue weighted by Crippen LogP contribution is -2.38. The topological polar surface area (TPSA) is 29.9 Å². The van der Waals surface area contributed by atoms with E-state index in [0.29, 0.717) is 16.5 Å². The Hall–Kier alpha value is -0.130. The second-order valence-corrected chi connectivity index (χ2v) is 7.56. The predicted molar refractivity (Wildman–Crippen MR) is 82.4 cm³/mol. The van der Waals surface area contributed by atoms with Crippen molar-refractivity contribution in [3.05, 3.63) is 18.0 Å². The predicted octanol–water partition coefficient (Wildman–Crippen LogP) is 2.70. The van der Waals surface area contributed by atoms with E-state index in [9.17, 15) is 0 Å². The number of thioether (sulfide) groups is 2. The Morgan fingerprint density at radius 2 is 2.28 bits per heavy atom. The van der Waals surface area contributed by atoms with E-state index in [1.165, 1.54) is 23.5 Å². The third kappa shape index (κ3) is 3.45. The van der Waals surface area contributed by atoms with Gasteiger partial charge in [-0.25, -0.2) is 0 Å². The van der Waals surface area contributed by atoms with Crippen LogP contribution in [0.2, 0.25) is 0 Å². The zero-order valence-corrected chi connectivity index (χ0v) is 13.1. The minimum absolute atomic E-state index is 0.437. The highest BCUT2D eigenvalue weighted by molar-refractivity contribution is 8.07. The molecule has 1 aliphatic heterocycles. The average Bonchev–Trinajstić information content (AvgIpc) is 2.78. The number of nitrogens with one attached hydrogen (secondary N) is 1. The van der Waals surface area contributed by atoms with Crippen LogP contribution in [0.1, 0.15) is 31.9 Å². The first-order chi connectivity index (χ1) is 8.72. The van der Waals surface area contributed by atoms with Crippen molar-refractivity contribution in [2.45, 2.75) is 36.8 Å². The van der Waals surface area contributed by atoms with Crippen LogP contribution in [0.3, 0.4) is 0 Å². The molecule has 1 aromatic heterocycles.